The third-order valence-corrected chi connectivity index (χ3v) is 5.42. The van der Waals surface area contributed by atoms with Gasteiger partial charge in [-0.15, -0.1) is 0 Å². The molecule has 172 valence electrons. The van der Waals surface area contributed by atoms with Gasteiger partial charge in [-0.25, -0.2) is 0 Å². The van der Waals surface area contributed by atoms with E-state index in [1.807, 2.05) is 26.0 Å². The Hall–Kier alpha value is -2.74. The van der Waals surface area contributed by atoms with Crippen LogP contribution in [0.15, 0.2) is 34.9 Å². The molecule has 0 aliphatic rings. The summed E-state index contributed by atoms with van der Waals surface area (Å²) in [6.07, 6.45) is -0.161. The predicted molar refractivity (Wildman–Crippen MR) is 125 cm³/mol. The smallest absolute Gasteiger partial charge is 0.258 e. The first-order chi connectivity index (χ1) is 15.3. The Bertz CT molecular complexity index is 1050. The first-order valence-electron chi connectivity index (χ1n) is 11.0. The maximum Gasteiger partial charge on any atom is 0.258 e. The van der Waals surface area contributed by atoms with Crippen molar-refractivity contribution in [3.8, 4) is 28.6 Å². The van der Waals surface area contributed by atoms with Gasteiger partial charge in [0, 0.05) is 17.7 Å². The van der Waals surface area contributed by atoms with Crippen LogP contribution in [0.5, 0.6) is 5.75 Å². The van der Waals surface area contributed by atoms with Crippen LogP contribution >= 0.6 is 0 Å². The second-order valence-corrected chi connectivity index (χ2v) is 8.24. The molecule has 0 spiro atoms. The van der Waals surface area contributed by atoms with E-state index < -0.39 is 6.10 Å². The van der Waals surface area contributed by atoms with E-state index in [9.17, 15) is 5.11 Å². The van der Waals surface area contributed by atoms with E-state index in [0.717, 1.165) is 53.1 Å². The number of aliphatic hydroxyl groups is 2. The quantitative estimate of drug-likeness (QED) is 0.497. The Labute approximate surface area is 189 Å². The Morgan fingerprint density at radius 1 is 1.09 bits per heavy atom. The van der Waals surface area contributed by atoms with Crippen molar-refractivity contribution in [3.05, 3.63) is 52.6 Å². The van der Waals surface area contributed by atoms with E-state index in [1.165, 1.54) is 5.56 Å². The second-order valence-electron chi connectivity index (χ2n) is 8.24. The number of rotatable bonds is 10. The van der Waals surface area contributed by atoms with Gasteiger partial charge in [-0.2, -0.15) is 4.98 Å². The SMILES string of the molecule is CCc1cc(-c2noc(-c3cc(C)cc(CN(C)CC)c3)n2)cc(C)c1OC[C@@H](O)CO. The van der Waals surface area contributed by atoms with E-state index >= 15 is 0 Å². The molecule has 0 aliphatic carbocycles. The molecule has 0 fully saturated rings. The molecule has 0 saturated heterocycles. The summed E-state index contributed by atoms with van der Waals surface area (Å²) in [4.78, 5) is 6.91. The Morgan fingerprint density at radius 3 is 2.56 bits per heavy atom. The summed E-state index contributed by atoms with van der Waals surface area (Å²) in [6, 6.07) is 10.3. The van der Waals surface area contributed by atoms with E-state index in [0.29, 0.717) is 11.7 Å². The molecule has 0 unspecified atom stereocenters. The van der Waals surface area contributed by atoms with Crippen molar-refractivity contribution in [2.24, 2.45) is 0 Å². The Morgan fingerprint density at radius 2 is 1.88 bits per heavy atom. The molecule has 0 aliphatic heterocycles. The molecule has 1 aromatic heterocycles. The molecule has 7 nitrogen and oxygen atoms in total. The molecule has 7 heteroatoms. The van der Waals surface area contributed by atoms with Crippen molar-refractivity contribution < 1.29 is 19.5 Å². The van der Waals surface area contributed by atoms with Crippen LogP contribution in [0, 0.1) is 13.8 Å². The number of hydrogen-bond donors (Lipinski definition) is 2. The van der Waals surface area contributed by atoms with Crippen molar-refractivity contribution in [3.63, 3.8) is 0 Å². The van der Waals surface area contributed by atoms with Gasteiger partial charge in [-0.3, -0.25) is 0 Å². The lowest BCUT2D eigenvalue weighted by molar-refractivity contribution is 0.0531. The minimum Gasteiger partial charge on any atom is -0.490 e. The maximum absolute atomic E-state index is 9.61. The van der Waals surface area contributed by atoms with Crippen molar-refractivity contribution in [1.29, 1.82) is 0 Å². The number of aromatic nitrogens is 2. The van der Waals surface area contributed by atoms with Crippen molar-refractivity contribution in [2.75, 3.05) is 26.8 Å². The molecule has 1 atom stereocenters. The van der Waals surface area contributed by atoms with Gasteiger partial charge in [-0.05, 0) is 74.8 Å². The molecule has 2 N–H and O–H groups in total. The van der Waals surface area contributed by atoms with Gasteiger partial charge in [-0.1, -0.05) is 30.6 Å². The van der Waals surface area contributed by atoms with Crippen LogP contribution in [-0.4, -0.2) is 58.2 Å². The zero-order valence-electron chi connectivity index (χ0n) is 19.6. The normalized spacial score (nSPS) is 12.4. The Kier molecular flexibility index (Phi) is 8.01. The fraction of sp³-hybridized carbons (Fsp3) is 0.440. The number of benzene rings is 2. The lowest BCUT2D eigenvalue weighted by atomic mass is 10.0. The van der Waals surface area contributed by atoms with Crippen LogP contribution in [0.1, 0.15) is 36.1 Å². The lowest BCUT2D eigenvalue weighted by Gasteiger charge is -2.16. The Balaban J connectivity index is 1.89. The fourth-order valence-electron chi connectivity index (χ4n) is 3.64. The molecule has 0 saturated carbocycles. The number of hydrogen-bond acceptors (Lipinski definition) is 7. The highest BCUT2D eigenvalue weighted by Crippen LogP contribution is 2.31. The van der Waals surface area contributed by atoms with Crippen LogP contribution in [0.4, 0.5) is 0 Å². The standard InChI is InChI=1S/C25H33N3O4/c1-6-19-12-20(10-17(4)23(19)31-15-22(30)14-29)24-26-25(32-27-24)21-9-16(3)8-18(11-21)13-28(5)7-2/h8-12,22,29-30H,6-7,13-15H2,1-5H3/t22-/m0/s1. The summed E-state index contributed by atoms with van der Waals surface area (Å²) in [7, 11) is 2.10. The second kappa shape index (κ2) is 10.7. The summed E-state index contributed by atoms with van der Waals surface area (Å²) in [5.74, 6) is 1.73. The van der Waals surface area contributed by atoms with Gasteiger partial charge >= 0.3 is 0 Å². The number of aryl methyl sites for hydroxylation is 3. The van der Waals surface area contributed by atoms with Crippen molar-refractivity contribution in [2.45, 2.75) is 46.8 Å². The van der Waals surface area contributed by atoms with Crippen LogP contribution in [0.3, 0.4) is 0 Å². The zero-order chi connectivity index (χ0) is 23.3. The highest BCUT2D eigenvalue weighted by atomic mass is 16.5. The summed E-state index contributed by atoms with van der Waals surface area (Å²) in [5.41, 5.74) is 6.02. The number of aliphatic hydroxyl groups excluding tert-OH is 2. The third kappa shape index (κ3) is 5.73. The zero-order valence-corrected chi connectivity index (χ0v) is 19.6. The van der Waals surface area contributed by atoms with E-state index in [1.54, 1.807) is 0 Å². The molecule has 1 heterocycles. The largest absolute Gasteiger partial charge is 0.490 e. The summed E-state index contributed by atoms with van der Waals surface area (Å²) in [6.45, 7) is 9.73. The first kappa shape index (κ1) is 23.9. The van der Waals surface area contributed by atoms with E-state index in [2.05, 4.69) is 54.1 Å². The molecule has 0 radical (unpaired) electrons. The van der Waals surface area contributed by atoms with Gasteiger partial charge in [0.1, 0.15) is 18.5 Å². The topological polar surface area (TPSA) is 91.9 Å². The van der Waals surface area contributed by atoms with Crippen LogP contribution in [0.2, 0.25) is 0 Å². The average Bonchev–Trinajstić information content (AvgIpc) is 3.27. The molecule has 0 amide bonds. The highest BCUT2D eigenvalue weighted by Gasteiger charge is 2.16. The van der Waals surface area contributed by atoms with E-state index in [-0.39, 0.29) is 13.2 Å². The fourth-order valence-corrected chi connectivity index (χ4v) is 3.64. The molecular weight excluding hydrogens is 406 g/mol. The highest BCUT2D eigenvalue weighted by molar-refractivity contribution is 5.64. The van der Waals surface area contributed by atoms with E-state index in [4.69, 9.17) is 14.4 Å². The summed E-state index contributed by atoms with van der Waals surface area (Å²) in [5, 5.41) is 22.9. The van der Waals surface area contributed by atoms with Gasteiger partial charge in [0.05, 0.1) is 6.61 Å². The summed E-state index contributed by atoms with van der Waals surface area (Å²) >= 11 is 0. The van der Waals surface area contributed by atoms with Gasteiger partial charge < -0.3 is 24.4 Å². The third-order valence-electron chi connectivity index (χ3n) is 5.42. The van der Waals surface area contributed by atoms with Crippen molar-refractivity contribution in [1.82, 2.24) is 15.0 Å². The average molecular weight is 440 g/mol. The summed E-state index contributed by atoms with van der Waals surface area (Å²) < 4.78 is 11.4. The molecule has 2 aromatic carbocycles. The van der Waals surface area contributed by atoms with Gasteiger partial charge in [0.2, 0.25) is 5.82 Å². The molecular formula is C25H33N3O4. The molecule has 32 heavy (non-hydrogen) atoms. The molecule has 0 bridgehead atoms. The minimum absolute atomic E-state index is 0.0406. The van der Waals surface area contributed by atoms with Crippen LogP contribution < -0.4 is 4.74 Å². The molecule has 3 aromatic rings. The monoisotopic (exact) mass is 439 g/mol. The lowest BCUT2D eigenvalue weighted by Crippen LogP contribution is -2.22. The minimum atomic E-state index is -0.908. The van der Waals surface area contributed by atoms with Crippen molar-refractivity contribution >= 4 is 0 Å². The number of nitrogens with zero attached hydrogens (tertiary/aromatic N) is 3. The number of ether oxygens (including phenoxy) is 1. The molecule has 3 rings (SSSR count). The predicted octanol–water partition coefficient (Wildman–Crippen LogP) is 3.77. The van der Waals surface area contributed by atoms with Crippen LogP contribution in [-0.2, 0) is 13.0 Å². The maximum atomic E-state index is 9.61. The van der Waals surface area contributed by atoms with Gasteiger partial charge in [0.25, 0.3) is 5.89 Å². The van der Waals surface area contributed by atoms with Crippen LogP contribution in [0.25, 0.3) is 22.8 Å². The first-order valence-corrected chi connectivity index (χ1v) is 11.0. The van der Waals surface area contributed by atoms with Gasteiger partial charge in [0.15, 0.2) is 0 Å².